The van der Waals surface area contributed by atoms with Gasteiger partial charge in [-0.1, -0.05) is 0 Å². The van der Waals surface area contributed by atoms with Crippen LogP contribution in [0.3, 0.4) is 0 Å². The fraction of sp³-hybridized carbons (Fsp3) is 0.312. The number of aryl methyl sites for hydroxylation is 2. The van der Waals surface area contributed by atoms with E-state index >= 15 is 0 Å². The summed E-state index contributed by atoms with van der Waals surface area (Å²) in [6.07, 6.45) is 2.34. The van der Waals surface area contributed by atoms with Crippen LogP contribution < -0.4 is 0 Å². The van der Waals surface area contributed by atoms with Gasteiger partial charge in [-0.2, -0.15) is 0 Å². The fourth-order valence-corrected chi connectivity index (χ4v) is 3.07. The van der Waals surface area contributed by atoms with Crippen LogP contribution >= 0.6 is 0 Å². The summed E-state index contributed by atoms with van der Waals surface area (Å²) in [6.45, 7) is 3.69. The van der Waals surface area contributed by atoms with Crippen LogP contribution in [0.5, 0.6) is 0 Å². The molecule has 0 aliphatic heterocycles. The van der Waals surface area contributed by atoms with E-state index in [9.17, 15) is 14.9 Å². The highest BCUT2D eigenvalue weighted by Crippen LogP contribution is 2.29. The average molecular weight is 284 g/mol. The monoisotopic (exact) mass is 284 g/mol. The van der Waals surface area contributed by atoms with E-state index in [2.05, 4.69) is 0 Å². The molecule has 0 bridgehead atoms. The van der Waals surface area contributed by atoms with Gasteiger partial charge in [-0.05, 0) is 44.9 Å². The van der Waals surface area contributed by atoms with Crippen LogP contribution in [-0.2, 0) is 6.42 Å². The maximum atomic E-state index is 12.0. The summed E-state index contributed by atoms with van der Waals surface area (Å²) in [5.74, 6) is 0.191. The molecule has 5 heteroatoms. The van der Waals surface area contributed by atoms with Gasteiger partial charge >= 0.3 is 0 Å². The number of nitro benzene ring substituents is 1. The molecule has 1 heterocycles. The molecule has 108 valence electrons. The van der Waals surface area contributed by atoms with E-state index in [1.165, 1.54) is 6.07 Å². The largest absolute Gasteiger partial charge is 0.317 e. The Morgan fingerprint density at radius 3 is 2.62 bits per heavy atom. The second-order valence-corrected chi connectivity index (χ2v) is 5.49. The average Bonchev–Trinajstić information content (AvgIpc) is 2.76. The van der Waals surface area contributed by atoms with E-state index < -0.39 is 0 Å². The van der Waals surface area contributed by atoms with Crippen LogP contribution in [0.15, 0.2) is 24.3 Å². The Bertz CT molecular complexity index is 759. The number of hydrogen-bond acceptors (Lipinski definition) is 3. The van der Waals surface area contributed by atoms with Crippen molar-refractivity contribution in [3.8, 4) is 5.69 Å². The number of nitro groups is 1. The molecule has 3 rings (SSSR count). The molecule has 0 spiro atoms. The second-order valence-electron chi connectivity index (χ2n) is 5.49. The third-order valence-electron chi connectivity index (χ3n) is 4.04. The summed E-state index contributed by atoms with van der Waals surface area (Å²) in [7, 11) is 0. The van der Waals surface area contributed by atoms with Crippen molar-refractivity contribution in [3.05, 3.63) is 56.9 Å². The maximum Gasteiger partial charge on any atom is 0.272 e. The molecule has 0 radical (unpaired) electrons. The van der Waals surface area contributed by atoms with Gasteiger partial charge in [-0.15, -0.1) is 0 Å². The van der Waals surface area contributed by atoms with E-state index in [4.69, 9.17) is 0 Å². The zero-order chi connectivity index (χ0) is 15.1. The Morgan fingerprint density at radius 2 is 1.95 bits per heavy atom. The minimum absolute atomic E-state index is 0.119. The van der Waals surface area contributed by atoms with Gasteiger partial charge in [0.25, 0.3) is 5.69 Å². The number of fused-ring (bicyclic) bond motifs is 1. The van der Waals surface area contributed by atoms with E-state index in [0.717, 1.165) is 35.5 Å². The number of carbonyl (C=O) groups excluding carboxylic acids is 1. The highest BCUT2D eigenvalue weighted by atomic mass is 16.6. The normalized spacial score (nSPS) is 14.1. The summed E-state index contributed by atoms with van der Waals surface area (Å²) >= 11 is 0. The molecule has 0 amide bonds. The van der Waals surface area contributed by atoms with Crippen molar-refractivity contribution in [1.82, 2.24) is 4.57 Å². The Kier molecular flexibility index (Phi) is 3.12. The number of nitrogens with zero attached hydrogens (tertiary/aromatic N) is 2. The van der Waals surface area contributed by atoms with Crippen molar-refractivity contribution in [2.24, 2.45) is 0 Å². The molecule has 1 aliphatic rings. The molecule has 0 saturated heterocycles. The quantitative estimate of drug-likeness (QED) is 0.626. The Balaban J connectivity index is 2.15. The third-order valence-corrected chi connectivity index (χ3v) is 4.04. The Hall–Kier alpha value is -2.43. The molecular weight excluding hydrogens is 268 g/mol. The molecule has 5 nitrogen and oxygen atoms in total. The van der Waals surface area contributed by atoms with Gasteiger partial charge in [0.1, 0.15) is 0 Å². The molecule has 0 unspecified atom stereocenters. The van der Waals surface area contributed by atoms with Crippen molar-refractivity contribution < 1.29 is 9.72 Å². The minimum atomic E-state index is -0.374. The van der Waals surface area contributed by atoms with Gasteiger partial charge in [0.15, 0.2) is 5.78 Å². The van der Waals surface area contributed by atoms with Gasteiger partial charge < -0.3 is 4.57 Å². The van der Waals surface area contributed by atoms with Gasteiger partial charge in [0.2, 0.25) is 0 Å². The van der Waals surface area contributed by atoms with Crippen LogP contribution in [0.4, 0.5) is 5.69 Å². The molecular formula is C16H16N2O3. The Morgan fingerprint density at radius 1 is 1.19 bits per heavy atom. The number of carbonyl (C=O) groups is 1. The lowest BCUT2D eigenvalue weighted by molar-refractivity contribution is -0.385. The van der Waals surface area contributed by atoms with E-state index in [0.29, 0.717) is 12.0 Å². The predicted molar refractivity (Wildman–Crippen MR) is 79.2 cm³/mol. The van der Waals surface area contributed by atoms with Crippen LogP contribution in [-0.4, -0.2) is 15.3 Å². The van der Waals surface area contributed by atoms with Crippen molar-refractivity contribution in [1.29, 1.82) is 0 Å². The number of aromatic nitrogens is 1. The van der Waals surface area contributed by atoms with Gasteiger partial charge in [-0.3, -0.25) is 14.9 Å². The minimum Gasteiger partial charge on any atom is -0.317 e. The number of benzene rings is 1. The molecule has 1 aromatic heterocycles. The third kappa shape index (κ3) is 2.14. The number of hydrogen-bond donors (Lipinski definition) is 0. The summed E-state index contributed by atoms with van der Waals surface area (Å²) in [5.41, 5.74) is 4.44. The van der Waals surface area contributed by atoms with Gasteiger partial charge in [0, 0.05) is 40.7 Å². The first kappa shape index (κ1) is 13.5. The molecule has 2 aromatic rings. The van der Waals surface area contributed by atoms with Crippen molar-refractivity contribution in [2.45, 2.75) is 33.1 Å². The lowest BCUT2D eigenvalue weighted by atomic mass is 9.96. The number of rotatable bonds is 2. The van der Waals surface area contributed by atoms with E-state index in [1.54, 1.807) is 13.0 Å². The smallest absolute Gasteiger partial charge is 0.272 e. The van der Waals surface area contributed by atoms with Crippen LogP contribution in [0, 0.1) is 24.0 Å². The first-order valence-electron chi connectivity index (χ1n) is 6.99. The number of Topliss-reactive ketones (excluding diaryl/α,β-unsaturated/α-hetero) is 1. The van der Waals surface area contributed by atoms with E-state index in [1.807, 2.05) is 23.6 Å². The summed E-state index contributed by atoms with van der Waals surface area (Å²) in [5, 5.41) is 10.9. The van der Waals surface area contributed by atoms with Gasteiger partial charge in [0.05, 0.1) is 4.92 Å². The zero-order valence-corrected chi connectivity index (χ0v) is 12.0. The second kappa shape index (κ2) is 4.84. The number of ketones is 1. The fourth-order valence-electron chi connectivity index (χ4n) is 3.07. The first-order chi connectivity index (χ1) is 9.99. The zero-order valence-electron chi connectivity index (χ0n) is 12.0. The predicted octanol–water partition coefficient (Wildman–Crippen LogP) is 3.52. The lowest BCUT2D eigenvalue weighted by Crippen LogP contribution is -2.12. The lowest BCUT2D eigenvalue weighted by Gasteiger charge is -2.16. The summed E-state index contributed by atoms with van der Waals surface area (Å²) in [6, 6.07) is 7.01. The van der Waals surface area contributed by atoms with Crippen LogP contribution in [0.25, 0.3) is 5.69 Å². The SMILES string of the molecule is Cc1cc(-n2c(C)cc3c2CCCC3=O)ccc1[N+](=O)[O-]. The maximum absolute atomic E-state index is 12.0. The van der Waals surface area contributed by atoms with Crippen molar-refractivity contribution in [3.63, 3.8) is 0 Å². The molecule has 21 heavy (non-hydrogen) atoms. The van der Waals surface area contributed by atoms with E-state index in [-0.39, 0.29) is 16.4 Å². The summed E-state index contributed by atoms with van der Waals surface area (Å²) in [4.78, 5) is 22.5. The standard InChI is InChI=1S/C16H16N2O3/c1-10-8-12(6-7-14(10)18(20)21)17-11(2)9-13-15(17)4-3-5-16(13)19/h6-9H,3-5H2,1-2H3. The van der Waals surface area contributed by atoms with Crippen molar-refractivity contribution in [2.75, 3.05) is 0 Å². The molecule has 0 atom stereocenters. The molecule has 0 N–H and O–H groups in total. The molecule has 0 fully saturated rings. The van der Waals surface area contributed by atoms with Crippen LogP contribution in [0.2, 0.25) is 0 Å². The molecule has 1 aromatic carbocycles. The topological polar surface area (TPSA) is 65.1 Å². The van der Waals surface area contributed by atoms with Crippen LogP contribution in [0.1, 0.15) is 40.2 Å². The Labute approximate surface area is 122 Å². The van der Waals surface area contributed by atoms with Gasteiger partial charge in [-0.25, -0.2) is 0 Å². The molecule has 0 saturated carbocycles. The molecule has 1 aliphatic carbocycles. The highest BCUT2D eigenvalue weighted by molar-refractivity contribution is 5.98. The summed E-state index contributed by atoms with van der Waals surface area (Å²) < 4.78 is 2.04. The van der Waals surface area contributed by atoms with Crippen molar-refractivity contribution >= 4 is 11.5 Å². The highest BCUT2D eigenvalue weighted by Gasteiger charge is 2.23. The first-order valence-corrected chi connectivity index (χ1v) is 6.99.